The Balaban J connectivity index is 1.42. The number of rotatable bonds is 10. The number of hydrogen-bond acceptors (Lipinski definition) is 8. The number of thiophene rings is 1. The lowest BCUT2D eigenvalue weighted by Crippen LogP contribution is -2.47. The van der Waals surface area contributed by atoms with E-state index in [2.05, 4.69) is 6.92 Å². The Hall–Kier alpha value is -3.69. The summed E-state index contributed by atoms with van der Waals surface area (Å²) in [7, 11) is 1.35. The molecule has 0 N–H and O–H groups in total. The van der Waals surface area contributed by atoms with Gasteiger partial charge in [0.15, 0.2) is 5.78 Å². The highest BCUT2D eigenvalue weighted by atomic mass is 32.1. The molecule has 5 rings (SSSR count). The Bertz CT molecular complexity index is 1360. The summed E-state index contributed by atoms with van der Waals surface area (Å²) < 4.78 is 16.5. The molecular weight excluding hydrogens is 552 g/mol. The van der Waals surface area contributed by atoms with E-state index >= 15 is 0 Å². The Morgan fingerprint density at radius 1 is 0.929 bits per heavy atom. The third-order valence-corrected chi connectivity index (χ3v) is 9.20. The van der Waals surface area contributed by atoms with Crippen molar-refractivity contribution >= 4 is 34.7 Å². The number of ketones is 1. The summed E-state index contributed by atoms with van der Waals surface area (Å²) in [6.07, 6.45) is 3.79. The first-order chi connectivity index (χ1) is 20.4. The fourth-order valence-electron chi connectivity index (χ4n) is 5.51. The molecule has 0 spiro atoms. The van der Waals surface area contributed by atoms with Crippen LogP contribution in [0.5, 0.6) is 11.5 Å². The highest BCUT2D eigenvalue weighted by Gasteiger charge is 2.30. The predicted octanol–water partition coefficient (Wildman–Crippen LogP) is 6.05. The summed E-state index contributed by atoms with van der Waals surface area (Å²) in [4.78, 5) is 44.7. The molecule has 1 saturated heterocycles. The number of morpholine rings is 1. The molecule has 8 nitrogen and oxygen atoms in total. The van der Waals surface area contributed by atoms with E-state index in [1.807, 2.05) is 60.7 Å². The average Bonchev–Trinajstić information content (AvgIpc) is 3.47. The van der Waals surface area contributed by atoms with E-state index in [1.54, 1.807) is 9.80 Å². The van der Waals surface area contributed by atoms with Crippen LogP contribution in [0.2, 0.25) is 0 Å². The fraction of sp³-hybridized carbons (Fsp3) is 0.424. The lowest BCUT2D eigenvalue weighted by molar-refractivity contribution is -0.133. The molecule has 0 bridgehead atoms. The van der Waals surface area contributed by atoms with Gasteiger partial charge in [-0.1, -0.05) is 38.0 Å². The number of carbonyl (C=O) groups is 3. The van der Waals surface area contributed by atoms with Crippen LogP contribution in [-0.4, -0.2) is 69.1 Å². The van der Waals surface area contributed by atoms with Gasteiger partial charge in [-0.15, -0.1) is 11.3 Å². The second-order valence-electron chi connectivity index (χ2n) is 11.0. The van der Waals surface area contributed by atoms with Gasteiger partial charge < -0.3 is 24.0 Å². The number of Topliss-reactive ketones (excluding diaryl/α,β-unsaturated/α-hetero) is 1. The monoisotopic (exact) mass is 590 g/mol. The molecule has 1 aliphatic heterocycles. The standard InChI is InChI=1S/C33H38N2O6S/c1-23-8-10-24(11-9-23)29(36)21-35(22-31(37)34-16-18-40-19-17-34)28-20-30(42-32(28)33(38)39-2)25-12-14-27(15-13-25)41-26-6-4-3-5-7-26/h3-7,12-15,20,23-24H,8-11,16-19,21-22H2,1-2H3. The predicted molar refractivity (Wildman–Crippen MR) is 163 cm³/mol. The summed E-state index contributed by atoms with van der Waals surface area (Å²) in [5, 5.41) is 0. The van der Waals surface area contributed by atoms with Crippen LogP contribution >= 0.6 is 11.3 Å². The van der Waals surface area contributed by atoms with Crippen molar-refractivity contribution in [3.05, 3.63) is 65.5 Å². The van der Waals surface area contributed by atoms with Crippen molar-refractivity contribution in [1.82, 2.24) is 4.90 Å². The summed E-state index contributed by atoms with van der Waals surface area (Å²) in [5.41, 5.74) is 1.44. The first kappa shape index (κ1) is 29.8. The molecule has 9 heteroatoms. The molecular formula is C33H38N2O6S. The smallest absolute Gasteiger partial charge is 0.350 e. The van der Waals surface area contributed by atoms with E-state index in [0.29, 0.717) is 48.5 Å². The number of benzene rings is 2. The number of para-hydroxylation sites is 1. The molecule has 1 aliphatic carbocycles. The third kappa shape index (κ3) is 7.38. The van der Waals surface area contributed by atoms with Crippen LogP contribution in [0, 0.1) is 11.8 Å². The maximum absolute atomic E-state index is 13.5. The Kier molecular flexibility index (Phi) is 9.92. The zero-order valence-corrected chi connectivity index (χ0v) is 25.1. The second-order valence-corrected chi connectivity index (χ2v) is 12.1. The zero-order valence-electron chi connectivity index (χ0n) is 24.3. The number of anilines is 1. The molecule has 1 saturated carbocycles. The minimum Gasteiger partial charge on any atom is -0.465 e. The molecule has 2 aromatic carbocycles. The molecule has 0 atom stereocenters. The average molecular weight is 591 g/mol. The molecule has 0 radical (unpaired) electrons. The lowest BCUT2D eigenvalue weighted by Gasteiger charge is -2.32. The van der Waals surface area contributed by atoms with E-state index < -0.39 is 5.97 Å². The van der Waals surface area contributed by atoms with Gasteiger partial charge in [-0.25, -0.2) is 4.79 Å². The molecule has 0 unspecified atom stereocenters. The highest BCUT2D eigenvalue weighted by molar-refractivity contribution is 7.18. The van der Waals surface area contributed by atoms with Crippen LogP contribution in [-0.2, 0) is 19.1 Å². The summed E-state index contributed by atoms with van der Waals surface area (Å²) in [6.45, 7) is 4.30. The second kappa shape index (κ2) is 14.0. The van der Waals surface area contributed by atoms with Crippen LogP contribution in [0.1, 0.15) is 42.3 Å². The van der Waals surface area contributed by atoms with E-state index in [4.69, 9.17) is 14.2 Å². The van der Waals surface area contributed by atoms with E-state index in [9.17, 15) is 14.4 Å². The Morgan fingerprint density at radius 3 is 2.26 bits per heavy atom. The van der Waals surface area contributed by atoms with Gasteiger partial charge in [-0.2, -0.15) is 0 Å². The van der Waals surface area contributed by atoms with Crippen molar-refractivity contribution in [3.8, 4) is 21.9 Å². The van der Waals surface area contributed by atoms with Gasteiger partial charge in [0.2, 0.25) is 5.91 Å². The molecule has 2 heterocycles. The lowest BCUT2D eigenvalue weighted by atomic mass is 9.81. The molecule has 3 aromatic rings. The number of esters is 1. The quantitative estimate of drug-likeness (QED) is 0.266. The SMILES string of the molecule is COC(=O)c1sc(-c2ccc(Oc3ccccc3)cc2)cc1N(CC(=O)C1CCC(C)CC1)CC(=O)N1CCOCC1. The molecule has 42 heavy (non-hydrogen) atoms. The third-order valence-electron chi connectivity index (χ3n) is 8.05. The maximum atomic E-state index is 13.5. The van der Waals surface area contributed by atoms with Crippen LogP contribution in [0.25, 0.3) is 10.4 Å². The summed E-state index contributed by atoms with van der Waals surface area (Å²) in [6, 6.07) is 19.1. The van der Waals surface area contributed by atoms with E-state index in [-0.39, 0.29) is 30.7 Å². The van der Waals surface area contributed by atoms with Crippen molar-refractivity contribution in [2.24, 2.45) is 11.8 Å². The molecule has 2 fully saturated rings. The molecule has 2 aliphatic rings. The van der Waals surface area contributed by atoms with Crippen LogP contribution < -0.4 is 9.64 Å². The maximum Gasteiger partial charge on any atom is 0.350 e. The number of nitrogens with zero attached hydrogens (tertiary/aromatic N) is 2. The number of amides is 1. The summed E-state index contributed by atoms with van der Waals surface area (Å²) >= 11 is 1.30. The van der Waals surface area contributed by atoms with Gasteiger partial charge in [0.05, 0.1) is 39.1 Å². The molecule has 1 amide bonds. The topological polar surface area (TPSA) is 85.4 Å². The highest BCUT2D eigenvalue weighted by Crippen LogP contribution is 2.39. The minimum atomic E-state index is -0.493. The first-order valence-corrected chi connectivity index (χ1v) is 15.4. The van der Waals surface area contributed by atoms with Crippen LogP contribution in [0.3, 0.4) is 0 Å². The van der Waals surface area contributed by atoms with Crippen LogP contribution in [0.4, 0.5) is 5.69 Å². The number of hydrogen-bond donors (Lipinski definition) is 0. The number of carbonyl (C=O) groups excluding carboxylic acids is 3. The zero-order chi connectivity index (χ0) is 29.5. The van der Waals surface area contributed by atoms with Gasteiger partial charge in [0, 0.05) is 23.9 Å². The van der Waals surface area contributed by atoms with Crippen molar-refractivity contribution in [1.29, 1.82) is 0 Å². The normalized spacial score (nSPS) is 18.8. The first-order valence-electron chi connectivity index (χ1n) is 14.6. The van der Waals surface area contributed by atoms with Gasteiger partial charge in [0.25, 0.3) is 0 Å². The van der Waals surface area contributed by atoms with E-state index in [1.165, 1.54) is 18.4 Å². The van der Waals surface area contributed by atoms with Gasteiger partial charge >= 0.3 is 5.97 Å². The minimum absolute atomic E-state index is 0.00111. The van der Waals surface area contributed by atoms with Crippen molar-refractivity contribution in [2.45, 2.75) is 32.6 Å². The van der Waals surface area contributed by atoms with E-state index in [0.717, 1.165) is 41.9 Å². The fourth-order valence-corrected chi connectivity index (χ4v) is 6.61. The van der Waals surface area contributed by atoms with Crippen molar-refractivity contribution in [2.75, 3.05) is 51.4 Å². The number of ether oxygens (including phenoxy) is 3. The summed E-state index contributed by atoms with van der Waals surface area (Å²) in [5.74, 6) is 1.57. The largest absolute Gasteiger partial charge is 0.465 e. The van der Waals surface area contributed by atoms with Gasteiger partial charge in [0.1, 0.15) is 16.4 Å². The van der Waals surface area contributed by atoms with Gasteiger partial charge in [-0.05, 0) is 66.8 Å². The Morgan fingerprint density at radius 2 is 1.60 bits per heavy atom. The van der Waals surface area contributed by atoms with Crippen molar-refractivity contribution in [3.63, 3.8) is 0 Å². The number of methoxy groups -OCH3 is 1. The molecule has 222 valence electrons. The molecule has 1 aromatic heterocycles. The van der Waals surface area contributed by atoms with Gasteiger partial charge in [-0.3, -0.25) is 9.59 Å². The van der Waals surface area contributed by atoms with Crippen molar-refractivity contribution < 1.29 is 28.6 Å². The Labute approximate surface area is 251 Å². The van der Waals surface area contributed by atoms with Crippen LogP contribution in [0.15, 0.2) is 60.7 Å².